The fourth-order valence-electron chi connectivity index (χ4n) is 3.25. The van der Waals surface area contributed by atoms with Crippen LogP contribution in [0.15, 0.2) is 67.3 Å². The zero-order chi connectivity index (χ0) is 20.4. The molecule has 29 heavy (non-hydrogen) atoms. The molecule has 0 amide bonds. The first-order valence-corrected chi connectivity index (χ1v) is 9.80. The Bertz CT molecular complexity index is 1130. The molecule has 4 aromatic rings. The molecule has 0 spiro atoms. The van der Waals surface area contributed by atoms with Crippen molar-refractivity contribution in [3.05, 3.63) is 77.6 Å². The molecule has 0 aliphatic rings. The van der Waals surface area contributed by atoms with Crippen LogP contribution in [-0.4, -0.2) is 41.1 Å². The van der Waals surface area contributed by atoms with Crippen LogP contribution < -0.4 is 0 Å². The van der Waals surface area contributed by atoms with Crippen molar-refractivity contribution < 1.29 is 0 Å². The molecule has 0 saturated heterocycles. The van der Waals surface area contributed by atoms with E-state index < -0.39 is 0 Å². The zero-order valence-corrected chi connectivity index (χ0v) is 17.5. The smallest absolute Gasteiger partial charge is 0.199 e. The lowest BCUT2D eigenvalue weighted by molar-refractivity contribution is 0.194. The van der Waals surface area contributed by atoms with Gasteiger partial charge < -0.3 is 4.57 Å². The Balaban J connectivity index is 1.52. The number of nitrogens with zero attached hydrogens (tertiary/aromatic N) is 7. The largest absolute Gasteiger partial charge is 0.303 e. The van der Waals surface area contributed by atoms with Crippen LogP contribution in [0, 0.1) is 4.77 Å². The average Bonchev–Trinajstić information content (AvgIpc) is 3.39. The van der Waals surface area contributed by atoms with Gasteiger partial charge in [-0.15, -0.1) is 0 Å². The van der Waals surface area contributed by atoms with Gasteiger partial charge in [0.2, 0.25) is 0 Å². The molecule has 0 aliphatic heterocycles. The summed E-state index contributed by atoms with van der Waals surface area (Å²) >= 11 is 5.62. The summed E-state index contributed by atoms with van der Waals surface area (Å²) in [5.41, 5.74) is 3.25. The Kier molecular flexibility index (Phi) is 5.37. The van der Waals surface area contributed by atoms with Gasteiger partial charge in [-0.2, -0.15) is 10.2 Å². The van der Waals surface area contributed by atoms with Crippen LogP contribution in [0.3, 0.4) is 0 Å². The first-order valence-electron chi connectivity index (χ1n) is 9.39. The number of hydrogen-bond donors (Lipinski definition) is 0. The van der Waals surface area contributed by atoms with Crippen molar-refractivity contribution in [2.75, 3.05) is 7.05 Å². The minimum Gasteiger partial charge on any atom is -0.303 e. The lowest BCUT2D eigenvalue weighted by Crippen LogP contribution is -2.26. The number of aromatic nitrogens is 6. The molecule has 0 fully saturated rings. The second-order valence-electron chi connectivity index (χ2n) is 7.04. The molecule has 8 heteroatoms. The first kappa shape index (κ1) is 19.2. The van der Waals surface area contributed by atoms with E-state index in [1.165, 1.54) is 11.9 Å². The second kappa shape index (κ2) is 8.10. The van der Waals surface area contributed by atoms with Gasteiger partial charge in [0.05, 0.1) is 12.4 Å². The lowest BCUT2D eigenvalue weighted by Gasteiger charge is -2.25. The highest BCUT2D eigenvalue weighted by atomic mass is 32.1. The highest BCUT2D eigenvalue weighted by Crippen LogP contribution is 2.22. The predicted molar refractivity (Wildman–Crippen MR) is 115 cm³/mol. The SMILES string of the molecule is C[C@@H](c1ccc(-n2cncn2)cc1)N(C)Cn1nc(-c2ccccc2)n(C)c1=S. The minimum absolute atomic E-state index is 0.198. The molecule has 0 saturated carbocycles. The molecular weight excluding hydrogens is 382 g/mol. The minimum atomic E-state index is 0.198. The summed E-state index contributed by atoms with van der Waals surface area (Å²) in [6.07, 6.45) is 3.22. The third-order valence-corrected chi connectivity index (χ3v) is 5.63. The van der Waals surface area contributed by atoms with Gasteiger partial charge in [0.1, 0.15) is 12.7 Å². The van der Waals surface area contributed by atoms with Crippen LogP contribution in [0.2, 0.25) is 0 Å². The third-order valence-electron chi connectivity index (χ3n) is 5.15. The molecule has 2 aromatic carbocycles. The van der Waals surface area contributed by atoms with Gasteiger partial charge in [-0.25, -0.2) is 14.3 Å². The average molecular weight is 406 g/mol. The van der Waals surface area contributed by atoms with Crippen LogP contribution in [0.5, 0.6) is 0 Å². The Morgan fingerprint density at radius 1 is 1.07 bits per heavy atom. The molecule has 2 aromatic heterocycles. The van der Waals surface area contributed by atoms with E-state index in [4.69, 9.17) is 17.3 Å². The summed E-state index contributed by atoms with van der Waals surface area (Å²) in [5.74, 6) is 0.869. The molecule has 148 valence electrons. The molecule has 7 nitrogen and oxygen atoms in total. The van der Waals surface area contributed by atoms with Crippen LogP contribution in [0.25, 0.3) is 17.1 Å². The fourth-order valence-corrected chi connectivity index (χ4v) is 3.44. The zero-order valence-electron chi connectivity index (χ0n) is 16.7. The number of hydrogen-bond acceptors (Lipinski definition) is 5. The van der Waals surface area contributed by atoms with E-state index in [1.807, 2.05) is 58.8 Å². The van der Waals surface area contributed by atoms with E-state index in [9.17, 15) is 0 Å². The van der Waals surface area contributed by atoms with Crippen molar-refractivity contribution in [2.45, 2.75) is 19.6 Å². The summed E-state index contributed by atoms with van der Waals surface area (Å²) in [6, 6.07) is 18.6. The summed E-state index contributed by atoms with van der Waals surface area (Å²) in [4.78, 5) is 6.22. The maximum Gasteiger partial charge on any atom is 0.199 e. The topological polar surface area (TPSA) is 56.7 Å². The quantitative estimate of drug-likeness (QED) is 0.456. The van der Waals surface area contributed by atoms with E-state index in [0.717, 1.165) is 17.1 Å². The van der Waals surface area contributed by atoms with Crippen molar-refractivity contribution in [1.82, 2.24) is 34.0 Å². The highest BCUT2D eigenvalue weighted by Gasteiger charge is 2.16. The maximum atomic E-state index is 5.62. The molecule has 0 N–H and O–H groups in total. The summed E-state index contributed by atoms with van der Waals surface area (Å²) in [7, 11) is 4.04. The summed E-state index contributed by atoms with van der Waals surface area (Å²) < 4.78 is 6.27. The van der Waals surface area contributed by atoms with Crippen LogP contribution >= 0.6 is 12.2 Å². The van der Waals surface area contributed by atoms with Gasteiger partial charge in [-0.05, 0) is 43.9 Å². The molecular formula is C21H23N7S. The van der Waals surface area contributed by atoms with E-state index in [0.29, 0.717) is 11.4 Å². The van der Waals surface area contributed by atoms with Crippen molar-refractivity contribution in [2.24, 2.45) is 7.05 Å². The summed E-state index contributed by atoms with van der Waals surface area (Å²) in [6.45, 7) is 2.78. The van der Waals surface area contributed by atoms with Crippen LogP contribution in [0.4, 0.5) is 0 Å². The number of rotatable bonds is 6. The standard InChI is InChI=1S/C21H23N7S/c1-16(17-9-11-19(12-10-17)27-14-22-13-23-27)25(2)15-28-21(29)26(3)20(24-28)18-7-5-4-6-8-18/h4-14,16H,15H2,1-3H3/t16-/m0/s1. The molecule has 4 rings (SSSR count). The van der Waals surface area contributed by atoms with E-state index in [1.54, 1.807) is 11.0 Å². The Morgan fingerprint density at radius 2 is 1.79 bits per heavy atom. The van der Waals surface area contributed by atoms with Gasteiger partial charge in [0.25, 0.3) is 0 Å². The highest BCUT2D eigenvalue weighted by molar-refractivity contribution is 7.71. The number of benzene rings is 2. The van der Waals surface area contributed by atoms with Gasteiger partial charge in [-0.1, -0.05) is 42.5 Å². The van der Waals surface area contributed by atoms with Gasteiger partial charge in [0, 0.05) is 18.7 Å². The van der Waals surface area contributed by atoms with Crippen molar-refractivity contribution >= 4 is 12.2 Å². The normalized spacial score (nSPS) is 12.4. The van der Waals surface area contributed by atoms with Crippen molar-refractivity contribution in [1.29, 1.82) is 0 Å². The van der Waals surface area contributed by atoms with E-state index in [-0.39, 0.29) is 6.04 Å². The Labute approximate surface area is 174 Å². The fraction of sp³-hybridized carbons (Fsp3) is 0.238. The molecule has 0 bridgehead atoms. The second-order valence-corrected chi connectivity index (χ2v) is 7.40. The molecule has 1 atom stereocenters. The van der Waals surface area contributed by atoms with Gasteiger partial charge >= 0.3 is 0 Å². The lowest BCUT2D eigenvalue weighted by atomic mass is 10.1. The Morgan fingerprint density at radius 3 is 2.45 bits per heavy atom. The maximum absolute atomic E-state index is 5.62. The first-order chi connectivity index (χ1) is 14.0. The van der Waals surface area contributed by atoms with Crippen molar-refractivity contribution in [3.63, 3.8) is 0 Å². The molecule has 0 unspecified atom stereocenters. The predicted octanol–water partition coefficient (Wildman–Crippen LogP) is 3.85. The van der Waals surface area contributed by atoms with Crippen LogP contribution in [-0.2, 0) is 13.7 Å². The Hall–Kier alpha value is -3.10. The van der Waals surface area contributed by atoms with E-state index in [2.05, 4.69) is 41.1 Å². The van der Waals surface area contributed by atoms with Gasteiger partial charge in [0.15, 0.2) is 10.6 Å². The molecule has 0 radical (unpaired) electrons. The van der Waals surface area contributed by atoms with E-state index >= 15 is 0 Å². The monoisotopic (exact) mass is 405 g/mol. The molecule has 2 heterocycles. The van der Waals surface area contributed by atoms with Crippen LogP contribution in [0.1, 0.15) is 18.5 Å². The van der Waals surface area contributed by atoms with Crippen molar-refractivity contribution in [3.8, 4) is 17.1 Å². The summed E-state index contributed by atoms with van der Waals surface area (Å²) in [5, 5.41) is 8.93. The van der Waals surface area contributed by atoms with Gasteiger partial charge in [-0.3, -0.25) is 4.90 Å². The third kappa shape index (κ3) is 3.90. The molecule has 0 aliphatic carbocycles.